The first-order chi connectivity index (χ1) is 18.8. The van der Waals surface area contributed by atoms with E-state index in [1.165, 1.54) is 54.5 Å². The SMILES string of the molecule is CNC(=O)C1(COc2cccc(S(=O)(=O)n3cc(CN(C)C(=O)OC(C)(C)C)cc3-c3ccccc3F)c2)CC1. The summed E-state index contributed by atoms with van der Waals surface area (Å²) in [5.41, 5.74) is -0.647. The summed E-state index contributed by atoms with van der Waals surface area (Å²) in [6.07, 6.45) is 2.18. The predicted molar refractivity (Wildman–Crippen MR) is 148 cm³/mol. The topological polar surface area (TPSA) is 107 Å². The Morgan fingerprint density at radius 1 is 1.10 bits per heavy atom. The maximum atomic E-state index is 14.9. The number of halogens is 1. The number of carbonyl (C=O) groups is 2. The molecule has 1 aromatic heterocycles. The highest BCUT2D eigenvalue weighted by atomic mass is 32.2. The van der Waals surface area contributed by atoms with E-state index in [1.807, 2.05) is 0 Å². The fourth-order valence-corrected chi connectivity index (χ4v) is 5.67. The van der Waals surface area contributed by atoms with Crippen LogP contribution in [0.5, 0.6) is 5.75 Å². The Morgan fingerprint density at radius 2 is 1.80 bits per heavy atom. The van der Waals surface area contributed by atoms with Crippen molar-refractivity contribution in [1.82, 2.24) is 14.2 Å². The van der Waals surface area contributed by atoms with Gasteiger partial charge in [0.15, 0.2) is 0 Å². The van der Waals surface area contributed by atoms with Gasteiger partial charge in [0.05, 0.1) is 22.5 Å². The number of ether oxygens (including phenoxy) is 2. The Morgan fingerprint density at radius 3 is 2.42 bits per heavy atom. The van der Waals surface area contributed by atoms with Crippen LogP contribution in [-0.4, -0.2) is 55.6 Å². The highest BCUT2D eigenvalue weighted by molar-refractivity contribution is 7.90. The summed E-state index contributed by atoms with van der Waals surface area (Å²) in [6.45, 7) is 5.40. The van der Waals surface area contributed by atoms with Gasteiger partial charge in [-0.1, -0.05) is 18.2 Å². The number of nitrogens with zero attached hydrogens (tertiary/aromatic N) is 2. The van der Waals surface area contributed by atoms with Crippen molar-refractivity contribution in [2.45, 2.75) is 50.7 Å². The molecule has 1 N–H and O–H groups in total. The van der Waals surface area contributed by atoms with E-state index < -0.39 is 32.9 Å². The van der Waals surface area contributed by atoms with E-state index in [2.05, 4.69) is 5.32 Å². The molecule has 40 heavy (non-hydrogen) atoms. The summed E-state index contributed by atoms with van der Waals surface area (Å²) in [5, 5.41) is 2.64. The molecular weight excluding hydrogens is 537 g/mol. The summed E-state index contributed by atoms with van der Waals surface area (Å²) in [4.78, 5) is 25.9. The van der Waals surface area contributed by atoms with Crippen LogP contribution in [0.15, 0.2) is 65.7 Å². The zero-order chi connectivity index (χ0) is 29.3. The molecule has 11 heteroatoms. The molecule has 1 aliphatic rings. The summed E-state index contributed by atoms with van der Waals surface area (Å²) in [5.74, 6) is -0.409. The Kier molecular flexibility index (Phi) is 7.98. The van der Waals surface area contributed by atoms with Crippen molar-refractivity contribution in [3.05, 3.63) is 72.2 Å². The summed E-state index contributed by atoms with van der Waals surface area (Å²) in [7, 11) is -1.12. The van der Waals surface area contributed by atoms with Crippen LogP contribution in [0.25, 0.3) is 11.3 Å². The molecular formula is C29H34FN3O6S. The molecule has 2 amide bonds. The average Bonchev–Trinajstić information content (AvgIpc) is 3.58. The van der Waals surface area contributed by atoms with Gasteiger partial charge in [-0.15, -0.1) is 0 Å². The zero-order valence-corrected chi connectivity index (χ0v) is 24.0. The molecule has 4 rings (SSSR count). The molecule has 1 fully saturated rings. The van der Waals surface area contributed by atoms with E-state index in [0.29, 0.717) is 24.2 Å². The van der Waals surface area contributed by atoms with Gasteiger partial charge in [0.1, 0.15) is 23.8 Å². The van der Waals surface area contributed by atoms with Gasteiger partial charge in [-0.05, 0) is 69.5 Å². The fraction of sp³-hybridized carbons (Fsp3) is 0.379. The predicted octanol–water partition coefficient (Wildman–Crippen LogP) is 4.80. The lowest BCUT2D eigenvalue weighted by Gasteiger charge is -2.24. The minimum atomic E-state index is -4.22. The Labute approximate surface area is 233 Å². The van der Waals surface area contributed by atoms with Gasteiger partial charge in [-0.25, -0.2) is 21.6 Å². The normalized spacial score (nSPS) is 14.3. The third-order valence-electron chi connectivity index (χ3n) is 6.56. The Hall–Kier alpha value is -3.86. The van der Waals surface area contributed by atoms with Crippen LogP contribution in [-0.2, 0) is 26.1 Å². The van der Waals surface area contributed by atoms with Gasteiger partial charge >= 0.3 is 6.09 Å². The van der Waals surface area contributed by atoms with Crippen molar-refractivity contribution < 1.29 is 31.9 Å². The van der Waals surface area contributed by atoms with Crippen LogP contribution in [0.1, 0.15) is 39.2 Å². The van der Waals surface area contributed by atoms with Gasteiger partial charge < -0.3 is 19.7 Å². The second-order valence-electron chi connectivity index (χ2n) is 11.0. The molecule has 0 atom stereocenters. The second-order valence-corrected chi connectivity index (χ2v) is 12.8. The highest BCUT2D eigenvalue weighted by Crippen LogP contribution is 2.46. The second kappa shape index (κ2) is 11.0. The molecule has 0 unspecified atom stereocenters. The first kappa shape index (κ1) is 29.1. The van der Waals surface area contributed by atoms with Crippen LogP contribution < -0.4 is 10.1 Å². The van der Waals surface area contributed by atoms with Crippen molar-refractivity contribution >= 4 is 22.0 Å². The molecule has 1 saturated carbocycles. The third-order valence-corrected chi connectivity index (χ3v) is 8.23. The number of rotatable bonds is 9. The average molecular weight is 572 g/mol. The van der Waals surface area contributed by atoms with Crippen molar-refractivity contribution in [2.24, 2.45) is 5.41 Å². The molecule has 0 bridgehead atoms. The number of aromatic nitrogens is 1. The summed E-state index contributed by atoms with van der Waals surface area (Å²) in [6, 6.07) is 13.4. The van der Waals surface area contributed by atoms with Crippen LogP contribution in [0.3, 0.4) is 0 Å². The summed E-state index contributed by atoms with van der Waals surface area (Å²) >= 11 is 0. The van der Waals surface area contributed by atoms with Gasteiger partial charge in [-0.3, -0.25) is 4.79 Å². The first-order valence-electron chi connectivity index (χ1n) is 12.9. The highest BCUT2D eigenvalue weighted by Gasteiger charge is 2.50. The minimum Gasteiger partial charge on any atom is -0.492 e. The molecule has 214 valence electrons. The number of hydrogen-bond donors (Lipinski definition) is 1. The van der Waals surface area contributed by atoms with Crippen LogP contribution in [0, 0.1) is 11.2 Å². The fourth-order valence-electron chi connectivity index (χ4n) is 4.24. The Balaban J connectivity index is 1.67. The molecule has 0 radical (unpaired) electrons. The zero-order valence-electron chi connectivity index (χ0n) is 23.2. The van der Waals surface area contributed by atoms with E-state index in [4.69, 9.17) is 9.47 Å². The maximum absolute atomic E-state index is 14.9. The first-order valence-corrected chi connectivity index (χ1v) is 14.3. The Bertz CT molecular complexity index is 1520. The molecule has 0 spiro atoms. The molecule has 0 aliphatic heterocycles. The lowest BCUT2D eigenvalue weighted by molar-refractivity contribution is -0.126. The number of hydrogen-bond acceptors (Lipinski definition) is 6. The molecule has 1 heterocycles. The quantitative estimate of drug-likeness (QED) is 0.395. The van der Waals surface area contributed by atoms with Gasteiger partial charge in [0.2, 0.25) is 5.91 Å². The van der Waals surface area contributed by atoms with Crippen LogP contribution in [0.2, 0.25) is 0 Å². The van der Waals surface area contributed by atoms with Gasteiger partial charge in [-0.2, -0.15) is 0 Å². The monoisotopic (exact) mass is 571 g/mol. The van der Waals surface area contributed by atoms with Crippen LogP contribution >= 0.6 is 0 Å². The number of carbonyl (C=O) groups excluding carboxylic acids is 2. The van der Waals surface area contributed by atoms with Crippen LogP contribution in [0.4, 0.5) is 9.18 Å². The largest absolute Gasteiger partial charge is 0.492 e. The van der Waals surface area contributed by atoms with Gasteiger partial charge in [0, 0.05) is 31.9 Å². The van der Waals surface area contributed by atoms with Gasteiger partial charge in [0.25, 0.3) is 10.0 Å². The number of nitrogens with one attached hydrogen (secondary N) is 1. The van der Waals surface area contributed by atoms with Crippen molar-refractivity contribution in [3.63, 3.8) is 0 Å². The third kappa shape index (κ3) is 6.30. The minimum absolute atomic E-state index is 0.0314. The van der Waals surface area contributed by atoms with Crippen molar-refractivity contribution in [2.75, 3.05) is 20.7 Å². The van der Waals surface area contributed by atoms with Crippen molar-refractivity contribution in [3.8, 4) is 17.0 Å². The maximum Gasteiger partial charge on any atom is 0.410 e. The lowest BCUT2D eigenvalue weighted by atomic mass is 10.1. The van der Waals surface area contributed by atoms with E-state index >= 15 is 0 Å². The van der Waals surface area contributed by atoms with E-state index in [1.54, 1.807) is 46.0 Å². The number of benzene rings is 2. The van der Waals surface area contributed by atoms with E-state index in [-0.39, 0.29) is 35.2 Å². The molecule has 9 nitrogen and oxygen atoms in total. The van der Waals surface area contributed by atoms with Crippen molar-refractivity contribution in [1.29, 1.82) is 0 Å². The molecule has 2 aromatic carbocycles. The molecule has 0 saturated heterocycles. The smallest absolute Gasteiger partial charge is 0.410 e. The van der Waals surface area contributed by atoms with E-state index in [0.717, 1.165) is 3.97 Å². The molecule has 3 aromatic rings. The lowest BCUT2D eigenvalue weighted by Crippen LogP contribution is -2.33. The number of amides is 2. The van der Waals surface area contributed by atoms with E-state index in [9.17, 15) is 22.4 Å². The summed E-state index contributed by atoms with van der Waals surface area (Å²) < 4.78 is 54.9. The molecule has 1 aliphatic carbocycles. The standard InChI is InChI=1S/C29H34FN3O6S/c1-28(2,3)39-27(35)32(5)17-20-15-25(23-11-6-7-12-24(23)30)33(18-20)40(36,37)22-10-8-9-21(16-22)38-19-29(13-14-29)26(34)31-4/h6-12,15-16,18H,13-14,17,19H2,1-5H3,(H,31,34).